The molecule has 0 radical (unpaired) electrons. The summed E-state index contributed by atoms with van der Waals surface area (Å²) >= 11 is 0. The molecule has 0 spiro atoms. The summed E-state index contributed by atoms with van der Waals surface area (Å²) in [6.45, 7) is 15.6. The highest BCUT2D eigenvalue weighted by Crippen LogP contribution is 2.32. The van der Waals surface area contributed by atoms with Crippen LogP contribution in [0.3, 0.4) is 0 Å². The van der Waals surface area contributed by atoms with Crippen LogP contribution in [0, 0.1) is 11.8 Å². The van der Waals surface area contributed by atoms with Gasteiger partial charge in [-0.2, -0.15) is 0 Å². The molecule has 4 heteroatoms. The van der Waals surface area contributed by atoms with Crippen LogP contribution in [0.25, 0.3) is 0 Å². The van der Waals surface area contributed by atoms with Crippen molar-refractivity contribution in [2.24, 2.45) is 11.8 Å². The van der Waals surface area contributed by atoms with E-state index >= 15 is 0 Å². The van der Waals surface area contributed by atoms with Crippen LogP contribution in [0.2, 0.25) is 0 Å². The van der Waals surface area contributed by atoms with Gasteiger partial charge >= 0.3 is 0 Å². The minimum atomic E-state index is -0.784. The molecule has 0 aliphatic heterocycles. The van der Waals surface area contributed by atoms with Crippen molar-refractivity contribution in [1.82, 2.24) is 0 Å². The molecule has 2 N–H and O–H groups in total. The third-order valence-electron chi connectivity index (χ3n) is 8.44. The van der Waals surface area contributed by atoms with Gasteiger partial charge in [-0.15, -0.1) is 0 Å². The number of carbonyl (C=O) groups excluding carboxylic acids is 2. The van der Waals surface area contributed by atoms with Crippen LogP contribution >= 0.6 is 0 Å². The molecule has 0 bridgehead atoms. The molecule has 0 saturated carbocycles. The van der Waals surface area contributed by atoms with Crippen LogP contribution < -0.4 is 0 Å². The lowest BCUT2D eigenvalue weighted by molar-refractivity contribution is -0.116. The first-order chi connectivity index (χ1) is 16.2. The SMILES string of the molecule is CCC(CCCC(C)CCCC(O)(CC)CCC1=C(C)C(=O)C(C)=C(C)C1=O)CCCC(C)(C)O. The van der Waals surface area contributed by atoms with Crippen LogP contribution in [0.1, 0.15) is 139 Å². The lowest BCUT2D eigenvalue weighted by atomic mass is 9.80. The van der Waals surface area contributed by atoms with E-state index in [2.05, 4.69) is 13.8 Å². The second-order valence-electron chi connectivity index (χ2n) is 12.0. The fraction of sp³-hybridized carbons (Fsp3) is 0.806. The Kier molecular flexibility index (Phi) is 13.1. The van der Waals surface area contributed by atoms with Gasteiger partial charge in [0, 0.05) is 22.3 Å². The predicted octanol–water partition coefficient (Wildman–Crippen LogP) is 7.66. The Morgan fingerprint density at radius 2 is 1.29 bits per heavy atom. The molecule has 35 heavy (non-hydrogen) atoms. The van der Waals surface area contributed by atoms with E-state index < -0.39 is 11.2 Å². The molecule has 1 rings (SSSR count). The zero-order valence-electron chi connectivity index (χ0n) is 24.1. The van der Waals surface area contributed by atoms with E-state index in [9.17, 15) is 19.8 Å². The summed E-state index contributed by atoms with van der Waals surface area (Å²) in [5.74, 6) is 1.33. The molecule has 0 heterocycles. The van der Waals surface area contributed by atoms with Crippen molar-refractivity contribution < 1.29 is 19.8 Å². The van der Waals surface area contributed by atoms with Gasteiger partial charge in [-0.05, 0) is 78.6 Å². The Morgan fingerprint density at radius 3 is 1.86 bits per heavy atom. The predicted molar refractivity (Wildman–Crippen MR) is 146 cm³/mol. The van der Waals surface area contributed by atoms with Gasteiger partial charge in [-0.25, -0.2) is 0 Å². The number of carbonyl (C=O) groups is 2. The van der Waals surface area contributed by atoms with Gasteiger partial charge in [0.25, 0.3) is 0 Å². The second-order valence-corrected chi connectivity index (χ2v) is 12.0. The Labute approximate surface area is 215 Å². The molecule has 4 nitrogen and oxygen atoms in total. The zero-order chi connectivity index (χ0) is 26.8. The normalized spacial score (nSPS) is 18.8. The largest absolute Gasteiger partial charge is 0.390 e. The molecule has 202 valence electrons. The van der Waals surface area contributed by atoms with Gasteiger partial charge < -0.3 is 10.2 Å². The summed E-state index contributed by atoms with van der Waals surface area (Å²) < 4.78 is 0. The molecule has 0 aromatic carbocycles. The van der Waals surface area contributed by atoms with Crippen molar-refractivity contribution in [1.29, 1.82) is 0 Å². The minimum absolute atomic E-state index is 0.0304. The van der Waals surface area contributed by atoms with E-state index in [1.54, 1.807) is 20.8 Å². The van der Waals surface area contributed by atoms with Crippen LogP contribution in [-0.2, 0) is 9.59 Å². The van der Waals surface area contributed by atoms with Gasteiger partial charge in [0.2, 0.25) is 0 Å². The van der Waals surface area contributed by atoms with Crippen LogP contribution in [0.5, 0.6) is 0 Å². The Morgan fingerprint density at radius 1 is 0.743 bits per heavy atom. The molecule has 3 unspecified atom stereocenters. The molecule has 0 aromatic heterocycles. The third-order valence-corrected chi connectivity index (χ3v) is 8.44. The summed E-state index contributed by atoms with van der Waals surface area (Å²) in [7, 11) is 0. The molecule has 0 fully saturated rings. The van der Waals surface area contributed by atoms with Crippen molar-refractivity contribution >= 4 is 11.6 Å². The molecule has 1 aliphatic rings. The molecule has 1 aliphatic carbocycles. The quantitative estimate of drug-likeness (QED) is 0.205. The fourth-order valence-electron chi connectivity index (χ4n) is 5.35. The van der Waals surface area contributed by atoms with E-state index in [0.717, 1.165) is 38.0 Å². The number of hydrogen-bond donors (Lipinski definition) is 2. The first kappa shape index (κ1) is 31.8. The van der Waals surface area contributed by atoms with Crippen molar-refractivity contribution in [3.63, 3.8) is 0 Å². The summed E-state index contributed by atoms with van der Waals surface area (Å²) in [5, 5.41) is 21.1. The van der Waals surface area contributed by atoms with Crippen molar-refractivity contribution in [3.05, 3.63) is 22.3 Å². The average Bonchev–Trinajstić information content (AvgIpc) is 2.79. The number of Topliss-reactive ketones (excluding diaryl/α,β-unsaturated/α-hetero) is 2. The minimum Gasteiger partial charge on any atom is -0.390 e. The Balaban J connectivity index is 2.43. The highest BCUT2D eigenvalue weighted by Gasteiger charge is 2.31. The van der Waals surface area contributed by atoms with Crippen molar-refractivity contribution in [2.75, 3.05) is 0 Å². The van der Waals surface area contributed by atoms with E-state index in [1.807, 2.05) is 20.8 Å². The highest BCUT2D eigenvalue weighted by molar-refractivity contribution is 6.24. The van der Waals surface area contributed by atoms with Gasteiger partial charge in [0.15, 0.2) is 11.6 Å². The van der Waals surface area contributed by atoms with Gasteiger partial charge in [-0.1, -0.05) is 72.1 Å². The molecular formula is C31H54O4. The summed E-state index contributed by atoms with van der Waals surface area (Å²) in [6.07, 6.45) is 12.6. The second kappa shape index (κ2) is 14.5. The van der Waals surface area contributed by atoms with E-state index in [0.29, 0.717) is 47.5 Å². The third kappa shape index (κ3) is 10.7. The summed E-state index contributed by atoms with van der Waals surface area (Å²) in [4.78, 5) is 25.1. The average molecular weight is 491 g/mol. The Hall–Kier alpha value is -1.26. The van der Waals surface area contributed by atoms with Crippen LogP contribution in [-0.4, -0.2) is 33.0 Å². The van der Waals surface area contributed by atoms with E-state index in [-0.39, 0.29) is 11.6 Å². The maximum Gasteiger partial charge on any atom is 0.185 e. The summed E-state index contributed by atoms with van der Waals surface area (Å²) in [6, 6.07) is 0. The first-order valence-electron chi connectivity index (χ1n) is 14.2. The monoisotopic (exact) mass is 490 g/mol. The molecule has 0 aromatic rings. The van der Waals surface area contributed by atoms with Crippen molar-refractivity contribution in [3.8, 4) is 0 Å². The van der Waals surface area contributed by atoms with Crippen LogP contribution in [0.15, 0.2) is 22.3 Å². The van der Waals surface area contributed by atoms with Gasteiger partial charge in [0.05, 0.1) is 11.2 Å². The first-order valence-corrected chi connectivity index (χ1v) is 14.2. The smallest absolute Gasteiger partial charge is 0.185 e. The molecular weight excluding hydrogens is 436 g/mol. The number of rotatable bonds is 17. The topological polar surface area (TPSA) is 74.6 Å². The van der Waals surface area contributed by atoms with Crippen LogP contribution in [0.4, 0.5) is 0 Å². The highest BCUT2D eigenvalue weighted by atomic mass is 16.3. The maximum atomic E-state index is 12.7. The Bertz CT molecular complexity index is 767. The lowest BCUT2D eigenvalue weighted by Crippen LogP contribution is -2.29. The maximum absolute atomic E-state index is 12.7. The van der Waals surface area contributed by atoms with Crippen molar-refractivity contribution in [2.45, 2.75) is 150 Å². The van der Waals surface area contributed by atoms with Gasteiger partial charge in [-0.3, -0.25) is 9.59 Å². The molecule has 3 atom stereocenters. The van der Waals surface area contributed by atoms with E-state index in [1.165, 1.54) is 32.1 Å². The van der Waals surface area contributed by atoms with Gasteiger partial charge in [0.1, 0.15) is 0 Å². The zero-order valence-corrected chi connectivity index (χ0v) is 24.1. The van der Waals surface area contributed by atoms with E-state index in [4.69, 9.17) is 0 Å². The number of allylic oxidation sites excluding steroid dienone is 4. The fourth-order valence-corrected chi connectivity index (χ4v) is 5.35. The summed E-state index contributed by atoms with van der Waals surface area (Å²) in [5.41, 5.74) is 0.902. The standard InChI is InChI=1S/C31H54O4/c1-9-26(17-13-19-30(7,8)34)16-11-14-22(3)15-12-20-31(35,10-2)21-18-27-25(6)28(32)23(4)24(5)29(27)33/h22,26,34-35H,9-21H2,1-8H3. The number of aliphatic hydroxyl groups is 2. The number of hydrogen-bond acceptors (Lipinski definition) is 4. The lowest BCUT2D eigenvalue weighted by Gasteiger charge is -2.29. The molecule has 0 amide bonds. The molecule has 0 saturated heterocycles. The number of ketones is 2.